The minimum Gasteiger partial charge on any atom is -0.343 e. The van der Waals surface area contributed by atoms with E-state index in [4.69, 9.17) is 11.6 Å². The number of halogens is 1. The molecule has 0 radical (unpaired) electrons. The van der Waals surface area contributed by atoms with E-state index in [2.05, 4.69) is 15.2 Å². The quantitative estimate of drug-likeness (QED) is 0.567. The van der Waals surface area contributed by atoms with Gasteiger partial charge in [0.1, 0.15) is 0 Å². The molecule has 0 fully saturated rings. The highest BCUT2D eigenvalue weighted by molar-refractivity contribution is 6.17. The third kappa shape index (κ3) is 3.93. The van der Waals surface area contributed by atoms with Gasteiger partial charge in [0, 0.05) is 19.5 Å². The van der Waals surface area contributed by atoms with Crippen molar-refractivity contribution in [2.24, 2.45) is 0 Å². The van der Waals surface area contributed by atoms with Gasteiger partial charge in [-0.1, -0.05) is 6.42 Å². The normalized spacial score (nSPS) is 10.5. The van der Waals surface area contributed by atoms with Crippen LogP contribution in [0.2, 0.25) is 0 Å². The van der Waals surface area contributed by atoms with E-state index < -0.39 is 0 Å². The third-order valence-corrected chi connectivity index (χ3v) is 2.82. The van der Waals surface area contributed by atoms with Crippen molar-refractivity contribution in [1.82, 2.24) is 15.2 Å². The van der Waals surface area contributed by atoms with Crippen LogP contribution in [0.4, 0.5) is 5.95 Å². The first kappa shape index (κ1) is 13.2. The number of aryl methyl sites for hydroxylation is 2. The van der Waals surface area contributed by atoms with Crippen LogP contribution in [0.1, 0.15) is 30.7 Å². The predicted octanol–water partition coefficient (Wildman–Crippen LogP) is 2.33. The zero-order valence-corrected chi connectivity index (χ0v) is 11.0. The number of hydrogen-bond acceptors (Lipinski definition) is 4. The van der Waals surface area contributed by atoms with Gasteiger partial charge in [0.05, 0.1) is 11.4 Å². The van der Waals surface area contributed by atoms with E-state index >= 15 is 0 Å². The second-order valence-corrected chi connectivity index (χ2v) is 4.33. The van der Waals surface area contributed by atoms with E-state index in [1.165, 1.54) is 0 Å². The van der Waals surface area contributed by atoms with Gasteiger partial charge >= 0.3 is 0 Å². The number of anilines is 1. The standard InChI is InChI=1S/C11H19ClN4/c1-9-10(2)14-15-11(13-9)16(3)8-6-4-5-7-12/h4-8H2,1-3H3. The fourth-order valence-corrected chi connectivity index (χ4v) is 1.52. The lowest BCUT2D eigenvalue weighted by atomic mass is 10.2. The molecule has 4 nitrogen and oxygen atoms in total. The first-order chi connectivity index (χ1) is 7.65. The number of hydrogen-bond donors (Lipinski definition) is 0. The minimum atomic E-state index is 0.703. The lowest BCUT2D eigenvalue weighted by molar-refractivity contribution is 0.691. The van der Waals surface area contributed by atoms with E-state index in [9.17, 15) is 0 Å². The Labute approximate surface area is 102 Å². The molecule has 0 aliphatic carbocycles. The molecule has 0 atom stereocenters. The van der Waals surface area contributed by atoms with Gasteiger partial charge in [-0.3, -0.25) is 0 Å². The second kappa shape index (κ2) is 6.63. The van der Waals surface area contributed by atoms with Crippen molar-refractivity contribution in [2.75, 3.05) is 24.4 Å². The van der Waals surface area contributed by atoms with Crippen LogP contribution in [0.25, 0.3) is 0 Å². The van der Waals surface area contributed by atoms with Gasteiger partial charge in [0.2, 0.25) is 5.95 Å². The molecule has 1 heterocycles. The largest absolute Gasteiger partial charge is 0.343 e. The summed E-state index contributed by atoms with van der Waals surface area (Å²) in [6.45, 7) is 4.81. The Kier molecular flexibility index (Phi) is 5.46. The highest BCUT2D eigenvalue weighted by Crippen LogP contribution is 2.08. The van der Waals surface area contributed by atoms with Gasteiger partial charge in [0.15, 0.2) is 0 Å². The van der Waals surface area contributed by atoms with Gasteiger partial charge in [-0.2, -0.15) is 5.10 Å². The average Bonchev–Trinajstić information content (AvgIpc) is 2.28. The zero-order chi connectivity index (χ0) is 12.0. The Hall–Kier alpha value is -0.900. The maximum absolute atomic E-state index is 5.62. The molecular weight excluding hydrogens is 224 g/mol. The lowest BCUT2D eigenvalue weighted by Crippen LogP contribution is -2.22. The van der Waals surface area contributed by atoms with Crippen molar-refractivity contribution in [2.45, 2.75) is 33.1 Å². The van der Waals surface area contributed by atoms with Crippen molar-refractivity contribution in [3.8, 4) is 0 Å². The number of aromatic nitrogens is 3. The Bertz CT molecular complexity index is 330. The average molecular weight is 243 g/mol. The summed E-state index contributed by atoms with van der Waals surface area (Å²) >= 11 is 5.62. The van der Waals surface area contributed by atoms with Crippen LogP contribution in [-0.2, 0) is 0 Å². The minimum absolute atomic E-state index is 0.703. The van der Waals surface area contributed by atoms with E-state index in [0.717, 1.165) is 43.1 Å². The number of alkyl halides is 1. The molecule has 0 aliphatic heterocycles. The molecule has 0 bridgehead atoms. The summed E-state index contributed by atoms with van der Waals surface area (Å²) in [6.07, 6.45) is 3.33. The van der Waals surface area contributed by atoms with E-state index in [1.54, 1.807) is 0 Å². The SMILES string of the molecule is Cc1nnc(N(C)CCCCCCl)nc1C. The summed E-state index contributed by atoms with van der Waals surface area (Å²) in [5, 5.41) is 8.15. The molecular formula is C11H19ClN4. The molecule has 0 N–H and O–H groups in total. The van der Waals surface area contributed by atoms with Gasteiger partial charge < -0.3 is 4.90 Å². The van der Waals surface area contributed by atoms with Crippen LogP contribution < -0.4 is 4.90 Å². The first-order valence-electron chi connectivity index (χ1n) is 5.60. The molecule has 90 valence electrons. The Morgan fingerprint density at radius 1 is 1.06 bits per heavy atom. The van der Waals surface area contributed by atoms with Crippen molar-refractivity contribution < 1.29 is 0 Å². The van der Waals surface area contributed by atoms with Crippen molar-refractivity contribution >= 4 is 17.5 Å². The molecule has 1 aromatic rings. The fourth-order valence-electron chi connectivity index (χ4n) is 1.33. The smallest absolute Gasteiger partial charge is 0.245 e. The fraction of sp³-hybridized carbons (Fsp3) is 0.727. The van der Waals surface area contributed by atoms with Gasteiger partial charge in [-0.15, -0.1) is 16.7 Å². The topological polar surface area (TPSA) is 41.9 Å². The van der Waals surface area contributed by atoms with E-state index in [1.807, 2.05) is 25.8 Å². The summed E-state index contributed by atoms with van der Waals surface area (Å²) in [7, 11) is 1.99. The summed E-state index contributed by atoms with van der Waals surface area (Å²) in [5.74, 6) is 1.44. The molecule has 0 aromatic carbocycles. The van der Waals surface area contributed by atoms with E-state index in [0.29, 0.717) is 5.95 Å². The summed E-state index contributed by atoms with van der Waals surface area (Å²) in [5.41, 5.74) is 1.83. The Morgan fingerprint density at radius 2 is 1.81 bits per heavy atom. The lowest BCUT2D eigenvalue weighted by Gasteiger charge is -2.16. The predicted molar refractivity (Wildman–Crippen MR) is 67.1 cm³/mol. The summed E-state index contributed by atoms with van der Waals surface area (Å²) < 4.78 is 0. The number of unbranched alkanes of at least 4 members (excludes halogenated alkanes) is 2. The molecule has 0 spiro atoms. The molecule has 1 rings (SSSR count). The molecule has 16 heavy (non-hydrogen) atoms. The Morgan fingerprint density at radius 3 is 2.44 bits per heavy atom. The van der Waals surface area contributed by atoms with Gasteiger partial charge in [-0.25, -0.2) is 4.98 Å². The summed E-state index contributed by atoms with van der Waals surface area (Å²) in [4.78, 5) is 6.43. The first-order valence-corrected chi connectivity index (χ1v) is 6.13. The van der Waals surface area contributed by atoms with Crippen LogP contribution in [-0.4, -0.2) is 34.7 Å². The zero-order valence-electron chi connectivity index (χ0n) is 10.2. The molecule has 5 heteroatoms. The monoisotopic (exact) mass is 242 g/mol. The molecule has 0 aliphatic rings. The van der Waals surface area contributed by atoms with Crippen molar-refractivity contribution in [3.63, 3.8) is 0 Å². The number of nitrogens with zero attached hydrogens (tertiary/aromatic N) is 4. The molecule has 0 saturated heterocycles. The third-order valence-electron chi connectivity index (χ3n) is 2.55. The molecule has 1 aromatic heterocycles. The molecule has 0 unspecified atom stereocenters. The highest BCUT2D eigenvalue weighted by atomic mass is 35.5. The van der Waals surface area contributed by atoms with Gasteiger partial charge in [-0.05, 0) is 26.7 Å². The van der Waals surface area contributed by atoms with Crippen molar-refractivity contribution in [3.05, 3.63) is 11.4 Å². The van der Waals surface area contributed by atoms with Gasteiger partial charge in [0.25, 0.3) is 0 Å². The van der Waals surface area contributed by atoms with Crippen LogP contribution in [0, 0.1) is 13.8 Å². The highest BCUT2D eigenvalue weighted by Gasteiger charge is 2.06. The van der Waals surface area contributed by atoms with Crippen LogP contribution in [0.15, 0.2) is 0 Å². The van der Waals surface area contributed by atoms with E-state index in [-0.39, 0.29) is 0 Å². The summed E-state index contributed by atoms with van der Waals surface area (Å²) in [6, 6.07) is 0. The van der Waals surface area contributed by atoms with Crippen LogP contribution in [0.5, 0.6) is 0 Å². The molecule has 0 saturated carbocycles. The second-order valence-electron chi connectivity index (χ2n) is 3.95. The maximum atomic E-state index is 5.62. The number of rotatable bonds is 6. The van der Waals surface area contributed by atoms with Crippen LogP contribution >= 0.6 is 11.6 Å². The Balaban J connectivity index is 2.46. The maximum Gasteiger partial charge on any atom is 0.245 e. The van der Waals surface area contributed by atoms with Crippen molar-refractivity contribution in [1.29, 1.82) is 0 Å². The molecule has 0 amide bonds. The van der Waals surface area contributed by atoms with Crippen LogP contribution in [0.3, 0.4) is 0 Å².